The van der Waals surface area contributed by atoms with Gasteiger partial charge in [0.2, 0.25) is 0 Å². The minimum atomic E-state index is -4.45. The number of esters is 1. The Balaban J connectivity index is 1.79. The van der Waals surface area contributed by atoms with Crippen LogP contribution in [0.2, 0.25) is 0 Å². The third-order valence-corrected chi connectivity index (χ3v) is 5.43. The van der Waals surface area contributed by atoms with E-state index in [9.17, 15) is 18.0 Å². The molecule has 1 aromatic heterocycles. The molecule has 0 unspecified atom stereocenters. The number of hydrogen-bond donors (Lipinski definition) is 2. The van der Waals surface area contributed by atoms with Crippen LogP contribution in [0.3, 0.4) is 0 Å². The molecule has 3 aromatic rings. The number of ether oxygens (including phenoxy) is 1. The Kier molecular flexibility index (Phi) is 7.29. The van der Waals surface area contributed by atoms with Crippen molar-refractivity contribution in [1.82, 2.24) is 0 Å². The van der Waals surface area contributed by atoms with Gasteiger partial charge >= 0.3 is 12.1 Å². The van der Waals surface area contributed by atoms with Gasteiger partial charge in [0.1, 0.15) is 5.00 Å². The van der Waals surface area contributed by atoms with Crippen LogP contribution in [0.15, 0.2) is 60.7 Å². The summed E-state index contributed by atoms with van der Waals surface area (Å²) >= 11 is 6.59. The number of thiophene rings is 1. The van der Waals surface area contributed by atoms with Gasteiger partial charge in [0, 0.05) is 17.0 Å². The molecule has 0 fully saturated rings. The van der Waals surface area contributed by atoms with Crippen molar-refractivity contribution < 1.29 is 22.7 Å². The number of anilines is 2. The van der Waals surface area contributed by atoms with E-state index >= 15 is 0 Å². The lowest BCUT2D eigenvalue weighted by Gasteiger charge is -2.12. The number of halogens is 3. The largest absolute Gasteiger partial charge is 0.462 e. The fourth-order valence-corrected chi connectivity index (χ4v) is 4.19. The van der Waals surface area contributed by atoms with Crippen LogP contribution in [0.1, 0.15) is 33.3 Å². The van der Waals surface area contributed by atoms with E-state index in [2.05, 4.69) is 10.6 Å². The van der Waals surface area contributed by atoms with Crippen LogP contribution in [0.4, 0.5) is 23.9 Å². The Morgan fingerprint density at radius 3 is 2.48 bits per heavy atom. The normalized spacial score (nSPS) is 11.1. The van der Waals surface area contributed by atoms with Gasteiger partial charge in [0.25, 0.3) is 0 Å². The first-order valence-electron chi connectivity index (χ1n) is 9.35. The molecular weight excluding hydrogens is 445 g/mol. The Labute approximate surface area is 187 Å². The molecule has 1 heterocycles. The van der Waals surface area contributed by atoms with Crippen LogP contribution in [0, 0.1) is 0 Å². The molecule has 0 amide bonds. The summed E-state index contributed by atoms with van der Waals surface area (Å²) in [6.07, 6.45) is -3.84. The van der Waals surface area contributed by atoms with E-state index in [0.717, 1.165) is 22.6 Å². The number of benzene rings is 2. The maximum Gasteiger partial charge on any atom is 0.416 e. The summed E-state index contributed by atoms with van der Waals surface area (Å²) < 4.78 is 43.9. The van der Waals surface area contributed by atoms with Gasteiger partial charge in [0.05, 0.1) is 17.7 Å². The molecule has 0 saturated heterocycles. The van der Waals surface area contributed by atoms with E-state index in [-0.39, 0.29) is 17.4 Å². The highest BCUT2D eigenvalue weighted by Crippen LogP contribution is 2.32. The molecule has 0 radical (unpaired) electrons. The lowest BCUT2D eigenvalue weighted by Crippen LogP contribution is -2.20. The van der Waals surface area contributed by atoms with Gasteiger partial charge in [0.15, 0.2) is 5.11 Å². The number of alkyl halides is 3. The first-order chi connectivity index (χ1) is 14.8. The summed E-state index contributed by atoms with van der Waals surface area (Å²) in [5, 5.41) is 6.19. The quantitative estimate of drug-likeness (QED) is 0.329. The standard InChI is InChI=1S/C22H19F3N2O2S2/c1-2-29-20(28)18-13-17(11-14-7-4-3-5-8-14)31-19(18)27-21(30)26-16-10-6-9-15(12-16)22(23,24)25/h3-10,12-13H,2,11H2,1H3,(H2,26,27,30). The average molecular weight is 465 g/mol. The SMILES string of the molecule is CCOC(=O)c1cc(Cc2ccccc2)sc1NC(=S)Nc1cccc(C(F)(F)F)c1. The summed E-state index contributed by atoms with van der Waals surface area (Å²) in [6.45, 7) is 1.93. The Morgan fingerprint density at radius 2 is 1.81 bits per heavy atom. The van der Waals surface area contributed by atoms with Crippen molar-refractivity contribution in [3.8, 4) is 0 Å². The average Bonchev–Trinajstić information content (AvgIpc) is 3.10. The van der Waals surface area contributed by atoms with Crippen LogP contribution < -0.4 is 10.6 Å². The number of hydrogen-bond acceptors (Lipinski definition) is 4. The van der Waals surface area contributed by atoms with Gasteiger partial charge in [-0.3, -0.25) is 0 Å². The van der Waals surface area contributed by atoms with Crippen LogP contribution in [0.25, 0.3) is 0 Å². The third-order valence-electron chi connectivity index (χ3n) is 4.17. The fourth-order valence-electron chi connectivity index (χ4n) is 2.82. The Hall–Kier alpha value is -2.91. The smallest absolute Gasteiger partial charge is 0.416 e. The van der Waals surface area contributed by atoms with Crippen molar-refractivity contribution in [3.05, 3.63) is 82.2 Å². The fraction of sp³-hybridized carbons (Fsp3) is 0.182. The molecule has 4 nitrogen and oxygen atoms in total. The van der Waals surface area contributed by atoms with Gasteiger partial charge in [-0.25, -0.2) is 4.79 Å². The highest BCUT2D eigenvalue weighted by Gasteiger charge is 2.30. The molecule has 162 valence electrons. The van der Waals surface area contributed by atoms with Crippen molar-refractivity contribution >= 4 is 45.3 Å². The van der Waals surface area contributed by atoms with Crippen LogP contribution >= 0.6 is 23.6 Å². The topological polar surface area (TPSA) is 50.4 Å². The zero-order valence-electron chi connectivity index (χ0n) is 16.5. The minimum Gasteiger partial charge on any atom is -0.462 e. The molecule has 3 rings (SSSR count). The molecule has 2 aromatic carbocycles. The number of carbonyl (C=O) groups is 1. The van der Waals surface area contributed by atoms with E-state index < -0.39 is 17.7 Å². The van der Waals surface area contributed by atoms with Gasteiger partial charge in [-0.1, -0.05) is 36.4 Å². The minimum absolute atomic E-state index is 0.0676. The molecule has 0 spiro atoms. The summed E-state index contributed by atoms with van der Waals surface area (Å²) in [6, 6.07) is 16.2. The van der Waals surface area contributed by atoms with Crippen molar-refractivity contribution in [2.24, 2.45) is 0 Å². The monoisotopic (exact) mass is 464 g/mol. The van der Waals surface area contributed by atoms with Crippen LogP contribution in [-0.2, 0) is 17.3 Å². The number of rotatable bonds is 6. The molecule has 0 atom stereocenters. The summed E-state index contributed by atoms with van der Waals surface area (Å²) in [4.78, 5) is 13.3. The molecule has 9 heteroatoms. The maximum atomic E-state index is 12.9. The first-order valence-corrected chi connectivity index (χ1v) is 10.6. The van der Waals surface area contributed by atoms with Crippen molar-refractivity contribution in [1.29, 1.82) is 0 Å². The van der Waals surface area contributed by atoms with E-state index in [1.165, 1.54) is 23.5 Å². The molecule has 2 N–H and O–H groups in total. The van der Waals surface area contributed by atoms with Crippen molar-refractivity contribution in [2.45, 2.75) is 19.5 Å². The molecule has 31 heavy (non-hydrogen) atoms. The summed E-state index contributed by atoms with van der Waals surface area (Å²) in [5.41, 5.74) is 0.807. The Bertz CT molecular complexity index is 1070. The third kappa shape index (κ3) is 6.28. The zero-order chi connectivity index (χ0) is 22.4. The lowest BCUT2D eigenvalue weighted by molar-refractivity contribution is -0.137. The van der Waals surface area contributed by atoms with Gasteiger partial charge < -0.3 is 15.4 Å². The van der Waals surface area contributed by atoms with Crippen molar-refractivity contribution in [3.63, 3.8) is 0 Å². The highest BCUT2D eigenvalue weighted by atomic mass is 32.1. The predicted octanol–water partition coefficient (Wildman–Crippen LogP) is 6.34. The number of carbonyl (C=O) groups excluding carboxylic acids is 1. The Morgan fingerprint density at radius 1 is 1.06 bits per heavy atom. The predicted molar refractivity (Wildman–Crippen MR) is 121 cm³/mol. The second-order valence-corrected chi connectivity index (χ2v) is 8.04. The molecule has 0 aliphatic heterocycles. The number of thiocarbonyl (C=S) groups is 1. The van der Waals surface area contributed by atoms with Crippen molar-refractivity contribution in [2.75, 3.05) is 17.2 Å². The second-order valence-electron chi connectivity index (χ2n) is 6.50. The molecule has 0 bridgehead atoms. The van der Waals surface area contributed by atoms with Gasteiger partial charge in [-0.05, 0) is 49.0 Å². The van der Waals surface area contributed by atoms with E-state index in [4.69, 9.17) is 17.0 Å². The van der Waals surface area contributed by atoms with E-state index in [1.807, 2.05) is 30.3 Å². The van der Waals surface area contributed by atoms with Crippen LogP contribution in [-0.4, -0.2) is 17.7 Å². The second kappa shape index (κ2) is 9.93. The van der Waals surface area contributed by atoms with Gasteiger partial charge in [-0.15, -0.1) is 11.3 Å². The van der Waals surface area contributed by atoms with Gasteiger partial charge in [-0.2, -0.15) is 13.2 Å². The van der Waals surface area contributed by atoms with E-state index in [1.54, 1.807) is 13.0 Å². The lowest BCUT2D eigenvalue weighted by atomic mass is 10.1. The molecule has 0 aliphatic carbocycles. The molecular formula is C22H19F3N2O2S2. The zero-order valence-corrected chi connectivity index (χ0v) is 18.1. The number of nitrogens with one attached hydrogen (secondary N) is 2. The van der Waals surface area contributed by atoms with Crippen LogP contribution in [0.5, 0.6) is 0 Å². The summed E-state index contributed by atoms with van der Waals surface area (Å²) in [7, 11) is 0. The highest BCUT2D eigenvalue weighted by molar-refractivity contribution is 7.80. The first kappa shape index (κ1) is 22.8. The molecule has 0 aliphatic rings. The molecule has 0 saturated carbocycles. The maximum absolute atomic E-state index is 12.9. The van der Waals surface area contributed by atoms with E-state index in [0.29, 0.717) is 17.0 Å². The summed E-state index contributed by atoms with van der Waals surface area (Å²) in [5.74, 6) is -0.498.